The van der Waals surface area contributed by atoms with Crippen LogP contribution in [0.1, 0.15) is 48.4 Å². The molecule has 0 amide bonds. The van der Waals surface area contributed by atoms with Gasteiger partial charge in [0.15, 0.2) is 0 Å². The molecule has 0 spiro atoms. The summed E-state index contributed by atoms with van der Waals surface area (Å²) < 4.78 is 4.23. The smallest absolute Gasteiger partial charge is 0.0815 e. The molecule has 10 heteroatoms. The van der Waals surface area contributed by atoms with Crippen molar-refractivity contribution in [2.75, 3.05) is 0 Å². The number of hydrogen-bond acceptors (Lipinski definition) is 9. The number of benzene rings is 4. The van der Waals surface area contributed by atoms with Gasteiger partial charge in [0.25, 0.3) is 0 Å². The number of aromatic carboxylic acids is 3. The van der Waals surface area contributed by atoms with Crippen LogP contribution in [-0.4, -0.2) is 40.4 Å². The summed E-state index contributed by atoms with van der Waals surface area (Å²) in [5.41, 5.74) is 1.83. The van der Waals surface area contributed by atoms with Gasteiger partial charge in [-0.1, -0.05) is 54.6 Å². The van der Waals surface area contributed by atoms with Gasteiger partial charge >= 0.3 is 82.1 Å². The fraction of sp³-hybridized carbons (Fsp3) is 0.108. The molecule has 0 unspecified atom stereocenters. The standard InChI is InChI=1S/C10H13.3C9H6O2S.Sn/c1-10(2,3)9-7-5-4-6-8-9;3*10-9(11)8-5-6-3-1-2-4-7(6)12-8;/h4-8H,1H2,2-3H3;3*1-5H,(H,10,11);/q;;;;+3/p-3. The molecule has 0 fully saturated rings. The minimum Gasteiger partial charge on any atom is -0.544 e. The van der Waals surface area contributed by atoms with Crippen molar-refractivity contribution in [3.63, 3.8) is 0 Å². The first kappa shape index (κ1) is 35.8. The van der Waals surface area contributed by atoms with E-state index in [1.165, 1.54) is 44.0 Å². The third kappa shape index (κ3) is 9.98. The zero-order chi connectivity index (χ0) is 34.0. The average Bonchev–Trinajstić information content (AvgIpc) is 3.83. The van der Waals surface area contributed by atoms with Crippen molar-refractivity contribution in [1.29, 1.82) is 0 Å². The number of fused-ring (bicyclic) bond motifs is 3. The van der Waals surface area contributed by atoms with Gasteiger partial charge < -0.3 is 29.7 Å². The summed E-state index contributed by atoms with van der Waals surface area (Å²) in [7, 11) is 0. The second-order valence-corrected chi connectivity index (χ2v) is 15.0. The summed E-state index contributed by atoms with van der Waals surface area (Å²) in [6.45, 7) is 4.61. The third-order valence-corrected chi connectivity index (χ3v) is 12.7. The monoisotopic (exact) mass is 784 g/mol. The van der Waals surface area contributed by atoms with E-state index in [2.05, 4.69) is 44.2 Å². The SMILES string of the molecule is CC(C)([CH2][Sn+3])c1ccccc1.O=C([O-])c1cc2ccccc2s1.O=C([O-])c1cc2ccccc2s1.O=C([O-])c1cc2ccccc2s1. The first-order chi connectivity index (χ1) is 22.5. The van der Waals surface area contributed by atoms with Crippen molar-refractivity contribution in [1.82, 2.24) is 0 Å². The van der Waals surface area contributed by atoms with Gasteiger partial charge in [-0.05, 0) is 52.6 Å². The van der Waals surface area contributed by atoms with E-state index < -0.39 is 17.9 Å². The van der Waals surface area contributed by atoms with Gasteiger partial charge in [0.1, 0.15) is 0 Å². The molecule has 3 aromatic heterocycles. The summed E-state index contributed by atoms with van der Waals surface area (Å²) in [4.78, 5) is 32.3. The molecule has 4 aromatic carbocycles. The predicted molar refractivity (Wildman–Crippen MR) is 188 cm³/mol. The van der Waals surface area contributed by atoms with Crippen molar-refractivity contribution in [2.24, 2.45) is 0 Å². The summed E-state index contributed by atoms with van der Waals surface area (Å²) in [6.07, 6.45) is 0. The molecule has 3 heterocycles. The zero-order valence-electron chi connectivity index (χ0n) is 25.4. The van der Waals surface area contributed by atoms with Crippen LogP contribution in [0.15, 0.2) is 121 Å². The van der Waals surface area contributed by atoms with Crippen LogP contribution in [0.25, 0.3) is 30.3 Å². The zero-order valence-corrected chi connectivity index (χ0v) is 30.7. The molecule has 0 bridgehead atoms. The molecule has 0 radical (unpaired) electrons. The maximum atomic E-state index is 10.5. The van der Waals surface area contributed by atoms with E-state index in [0.29, 0.717) is 5.41 Å². The molecule has 0 aliphatic rings. The first-order valence-electron chi connectivity index (χ1n) is 14.3. The van der Waals surface area contributed by atoms with Crippen LogP contribution in [0.5, 0.6) is 0 Å². The molecule has 234 valence electrons. The minimum absolute atomic E-state index is 0.288. The molecular formula is C37H28O6S3Sn. The molecule has 0 saturated heterocycles. The molecule has 0 aliphatic carbocycles. The molecular weight excluding hydrogens is 755 g/mol. The Morgan fingerprint density at radius 3 is 1.11 bits per heavy atom. The van der Waals surface area contributed by atoms with Crippen LogP contribution in [0.4, 0.5) is 0 Å². The van der Waals surface area contributed by atoms with Crippen molar-refractivity contribution < 1.29 is 29.7 Å². The number of carboxylic acids is 3. The Morgan fingerprint density at radius 1 is 0.532 bits per heavy atom. The maximum absolute atomic E-state index is 10.5. The number of hydrogen-bond donors (Lipinski definition) is 0. The molecule has 7 aromatic rings. The van der Waals surface area contributed by atoms with Crippen molar-refractivity contribution >= 4 is 105 Å². The number of carbonyl (C=O) groups excluding carboxylic acids is 3. The molecule has 7 rings (SSSR count). The van der Waals surface area contributed by atoms with Crippen LogP contribution in [0.3, 0.4) is 0 Å². The van der Waals surface area contributed by atoms with Crippen molar-refractivity contribution in [3.8, 4) is 0 Å². The number of carboxylic acid groups (broad SMARTS) is 3. The molecule has 0 aliphatic heterocycles. The van der Waals surface area contributed by atoms with Gasteiger partial charge in [-0.2, -0.15) is 0 Å². The van der Waals surface area contributed by atoms with E-state index in [0.717, 1.165) is 30.3 Å². The van der Waals surface area contributed by atoms with Crippen molar-refractivity contribution in [3.05, 3.63) is 142 Å². The maximum Gasteiger partial charge on any atom is 0.0815 e. The Bertz CT molecular complexity index is 1810. The van der Waals surface area contributed by atoms with E-state index in [1.54, 1.807) is 40.7 Å². The van der Waals surface area contributed by atoms with E-state index >= 15 is 0 Å². The topological polar surface area (TPSA) is 120 Å². The fourth-order valence-electron chi connectivity index (χ4n) is 4.24. The van der Waals surface area contributed by atoms with Gasteiger partial charge in [-0.15, -0.1) is 34.0 Å². The number of thiophene rings is 3. The first-order valence-corrected chi connectivity index (χ1v) is 18.7. The largest absolute Gasteiger partial charge is 0.544 e. The summed E-state index contributed by atoms with van der Waals surface area (Å²) in [5.74, 6) is -3.30. The van der Waals surface area contributed by atoms with Gasteiger partial charge in [-0.3, -0.25) is 0 Å². The minimum atomic E-state index is -1.10. The number of rotatable bonds is 5. The molecule has 6 nitrogen and oxygen atoms in total. The van der Waals surface area contributed by atoms with Gasteiger partial charge in [0, 0.05) is 14.1 Å². The Balaban J connectivity index is 0.000000142. The number of carbonyl (C=O) groups is 3. The molecule has 47 heavy (non-hydrogen) atoms. The normalized spacial score (nSPS) is 10.6. The van der Waals surface area contributed by atoms with E-state index in [4.69, 9.17) is 0 Å². The molecule has 0 N–H and O–H groups in total. The van der Waals surface area contributed by atoms with Gasteiger partial charge in [0.05, 0.1) is 32.5 Å². The van der Waals surface area contributed by atoms with Crippen LogP contribution < -0.4 is 15.3 Å². The molecule has 0 atom stereocenters. The summed E-state index contributed by atoms with van der Waals surface area (Å²) in [6, 6.07) is 38.3. The van der Waals surface area contributed by atoms with Gasteiger partial charge in [0.2, 0.25) is 0 Å². The second kappa shape index (κ2) is 16.7. The van der Waals surface area contributed by atoms with Gasteiger partial charge in [-0.25, -0.2) is 0 Å². The van der Waals surface area contributed by atoms with Crippen LogP contribution in [0, 0.1) is 0 Å². The second-order valence-electron chi connectivity index (χ2n) is 10.7. The third-order valence-electron chi connectivity index (χ3n) is 6.88. The predicted octanol–water partition coefficient (Wildman–Crippen LogP) is 6.35. The molecule has 0 saturated carbocycles. The Hall–Kier alpha value is -4.03. The fourth-order valence-corrected chi connectivity index (χ4v) is 7.51. The van der Waals surface area contributed by atoms with Crippen molar-refractivity contribution in [2.45, 2.75) is 23.7 Å². The average molecular weight is 784 g/mol. The Morgan fingerprint density at radius 2 is 0.830 bits per heavy atom. The Kier molecular flexibility index (Phi) is 12.7. The van der Waals surface area contributed by atoms with Crippen LogP contribution in [0.2, 0.25) is 4.44 Å². The van der Waals surface area contributed by atoms with Crippen LogP contribution in [-0.2, 0) is 5.41 Å². The van der Waals surface area contributed by atoms with E-state index in [-0.39, 0.29) is 14.6 Å². The quantitative estimate of drug-likeness (QED) is 0.188. The summed E-state index contributed by atoms with van der Waals surface area (Å²) >= 11 is 5.35. The summed E-state index contributed by atoms with van der Waals surface area (Å²) in [5, 5.41) is 34.3. The van der Waals surface area contributed by atoms with E-state index in [9.17, 15) is 29.7 Å². The van der Waals surface area contributed by atoms with Crippen LogP contribution >= 0.6 is 34.0 Å². The Labute approximate surface area is 297 Å². The van der Waals surface area contributed by atoms with E-state index in [1.807, 2.05) is 72.8 Å².